The first-order valence-corrected chi connectivity index (χ1v) is 3.88. The fourth-order valence-electron chi connectivity index (χ4n) is 1.54. The second-order valence-electron chi connectivity index (χ2n) is 3.94. The van der Waals surface area contributed by atoms with Crippen LogP contribution in [0.1, 0.15) is 40.5 Å². The minimum absolute atomic E-state index is 0. The Morgan fingerprint density at radius 3 is 2.00 bits per heavy atom. The van der Waals surface area contributed by atoms with Gasteiger partial charge in [0.1, 0.15) is 0 Å². The van der Waals surface area contributed by atoms with Gasteiger partial charge in [-0.25, -0.2) is 0 Å². The molecule has 0 bridgehead atoms. The van der Waals surface area contributed by atoms with Gasteiger partial charge in [0.15, 0.2) is 0 Å². The Hall–Kier alpha value is 0.597. The zero-order valence-corrected chi connectivity index (χ0v) is 7.99. The molecule has 54 valence electrons. The van der Waals surface area contributed by atoms with Crippen molar-refractivity contribution in [3.63, 3.8) is 0 Å². The summed E-state index contributed by atoms with van der Waals surface area (Å²) in [5.41, 5.74) is 0.528. The van der Waals surface area contributed by atoms with E-state index in [1.807, 2.05) is 0 Å². The van der Waals surface area contributed by atoms with Gasteiger partial charge in [0.2, 0.25) is 0 Å². The van der Waals surface area contributed by atoms with Crippen molar-refractivity contribution in [1.82, 2.24) is 0 Å². The minimum atomic E-state index is 0. The largest absolute Gasteiger partial charge is 1.00 e. The molecule has 1 saturated carbocycles. The molecule has 0 aromatic heterocycles. The van der Waals surface area contributed by atoms with Crippen LogP contribution in [0.25, 0.3) is 0 Å². The van der Waals surface area contributed by atoms with E-state index in [4.69, 9.17) is 0 Å². The summed E-state index contributed by atoms with van der Waals surface area (Å²) < 4.78 is 0. The van der Waals surface area contributed by atoms with E-state index in [1.54, 1.807) is 5.92 Å². The van der Waals surface area contributed by atoms with Crippen molar-refractivity contribution in [2.24, 2.45) is 11.3 Å². The van der Waals surface area contributed by atoms with E-state index in [2.05, 4.69) is 27.7 Å². The summed E-state index contributed by atoms with van der Waals surface area (Å²) in [6.07, 6.45) is 2.76. The molecule has 1 aliphatic rings. The maximum Gasteiger partial charge on any atom is 1.00 e. The molecule has 0 aromatic rings. The first-order chi connectivity index (χ1) is 4.05. The van der Waals surface area contributed by atoms with Crippen molar-refractivity contribution in [2.45, 2.75) is 40.5 Å². The van der Waals surface area contributed by atoms with Crippen molar-refractivity contribution in [2.75, 3.05) is 0 Å². The maximum absolute atomic E-state index is 2.36. The van der Waals surface area contributed by atoms with Crippen LogP contribution in [-0.2, 0) is 0 Å². The summed E-state index contributed by atoms with van der Waals surface area (Å²) >= 11 is 0. The predicted octanol–water partition coefficient (Wildman–Crippen LogP) is 0.0409. The molecule has 0 spiro atoms. The molecule has 1 fully saturated rings. The molecular formula is C9H17Li. The SMILES string of the molecule is C[C-]1CCC(C)C1(C)C.[Li+]. The van der Waals surface area contributed by atoms with Crippen LogP contribution < -0.4 is 18.9 Å². The summed E-state index contributed by atoms with van der Waals surface area (Å²) in [4.78, 5) is 0. The van der Waals surface area contributed by atoms with E-state index in [1.165, 1.54) is 12.8 Å². The van der Waals surface area contributed by atoms with Gasteiger partial charge < -0.3 is 5.92 Å². The van der Waals surface area contributed by atoms with Crippen LogP contribution in [0.4, 0.5) is 0 Å². The topological polar surface area (TPSA) is 0 Å². The zero-order valence-electron chi connectivity index (χ0n) is 7.99. The van der Waals surface area contributed by atoms with E-state index >= 15 is 0 Å². The normalized spacial score (nSPS) is 31.8. The molecule has 10 heavy (non-hydrogen) atoms. The smallest absolute Gasteiger partial charge is 0.311 e. The van der Waals surface area contributed by atoms with Crippen LogP contribution in [-0.4, -0.2) is 0 Å². The van der Waals surface area contributed by atoms with Crippen molar-refractivity contribution in [3.8, 4) is 0 Å². The monoisotopic (exact) mass is 132 g/mol. The number of hydrogen-bond acceptors (Lipinski definition) is 0. The van der Waals surface area contributed by atoms with Gasteiger partial charge in [0.05, 0.1) is 0 Å². The molecule has 1 unspecified atom stereocenters. The molecular weight excluding hydrogens is 115 g/mol. The molecule has 0 saturated heterocycles. The molecule has 0 heterocycles. The Morgan fingerprint density at radius 1 is 1.40 bits per heavy atom. The van der Waals surface area contributed by atoms with Crippen LogP contribution in [0.3, 0.4) is 0 Å². The number of hydrogen-bond donors (Lipinski definition) is 0. The van der Waals surface area contributed by atoms with Crippen molar-refractivity contribution in [3.05, 3.63) is 5.92 Å². The van der Waals surface area contributed by atoms with Crippen LogP contribution >= 0.6 is 0 Å². The molecule has 0 aliphatic heterocycles. The van der Waals surface area contributed by atoms with E-state index < -0.39 is 0 Å². The molecule has 1 heteroatoms. The third-order valence-corrected chi connectivity index (χ3v) is 3.28. The van der Waals surface area contributed by atoms with Gasteiger partial charge in [-0.05, 0) is 0 Å². The Balaban J connectivity index is 0.000000810. The standard InChI is InChI=1S/C9H17.Li/c1-7-5-6-8(2)9(7,3)4;/h7H,5-6H2,1-4H3;/q-1;+1. The molecule has 0 radical (unpaired) electrons. The van der Waals surface area contributed by atoms with Crippen molar-refractivity contribution < 1.29 is 18.9 Å². The summed E-state index contributed by atoms with van der Waals surface area (Å²) in [6, 6.07) is 0. The Kier molecular flexibility index (Phi) is 3.53. The number of rotatable bonds is 0. The molecule has 0 nitrogen and oxygen atoms in total. The summed E-state index contributed by atoms with van der Waals surface area (Å²) in [6.45, 7) is 9.38. The Bertz CT molecular complexity index is 95.3. The molecule has 1 rings (SSSR count). The summed E-state index contributed by atoms with van der Waals surface area (Å²) in [7, 11) is 0. The predicted molar refractivity (Wildman–Crippen MR) is 41.1 cm³/mol. The van der Waals surface area contributed by atoms with Gasteiger partial charge in [0.25, 0.3) is 0 Å². The quantitative estimate of drug-likeness (QED) is 0.322. The summed E-state index contributed by atoms with van der Waals surface area (Å²) in [5, 5.41) is 0. The van der Waals surface area contributed by atoms with Gasteiger partial charge >= 0.3 is 18.9 Å². The van der Waals surface area contributed by atoms with Crippen LogP contribution in [0.15, 0.2) is 0 Å². The molecule has 1 atom stereocenters. The Labute approximate surface area is 77.0 Å². The molecule has 0 aromatic carbocycles. The Morgan fingerprint density at radius 2 is 1.90 bits per heavy atom. The average Bonchev–Trinajstić information content (AvgIpc) is 1.96. The maximum atomic E-state index is 2.36. The third kappa shape index (κ3) is 1.60. The van der Waals surface area contributed by atoms with Gasteiger partial charge in [0, 0.05) is 0 Å². The van der Waals surface area contributed by atoms with E-state index in [0.717, 1.165) is 5.92 Å². The van der Waals surface area contributed by atoms with Crippen LogP contribution in [0, 0.1) is 17.3 Å². The van der Waals surface area contributed by atoms with Crippen molar-refractivity contribution >= 4 is 0 Å². The third-order valence-electron chi connectivity index (χ3n) is 3.28. The first kappa shape index (κ1) is 10.6. The van der Waals surface area contributed by atoms with Gasteiger partial charge in [-0.15, -0.1) is 0 Å². The minimum Gasteiger partial charge on any atom is -0.311 e. The molecule has 1 aliphatic carbocycles. The zero-order chi connectivity index (χ0) is 7.07. The van der Waals surface area contributed by atoms with Crippen LogP contribution in [0.5, 0.6) is 0 Å². The van der Waals surface area contributed by atoms with E-state index in [9.17, 15) is 0 Å². The summed E-state index contributed by atoms with van der Waals surface area (Å²) in [5.74, 6) is 2.59. The van der Waals surface area contributed by atoms with Gasteiger partial charge in [-0.3, -0.25) is 0 Å². The second-order valence-corrected chi connectivity index (χ2v) is 3.94. The van der Waals surface area contributed by atoms with Gasteiger partial charge in [-0.1, -0.05) is 33.1 Å². The fraction of sp³-hybridized carbons (Fsp3) is 0.889. The van der Waals surface area contributed by atoms with Gasteiger partial charge in [-0.2, -0.15) is 18.8 Å². The van der Waals surface area contributed by atoms with E-state index in [0.29, 0.717) is 5.41 Å². The average molecular weight is 132 g/mol. The van der Waals surface area contributed by atoms with E-state index in [-0.39, 0.29) is 18.9 Å². The molecule has 0 N–H and O–H groups in total. The molecule has 0 amide bonds. The fourth-order valence-corrected chi connectivity index (χ4v) is 1.54. The first-order valence-electron chi connectivity index (χ1n) is 3.88. The van der Waals surface area contributed by atoms with Crippen molar-refractivity contribution in [1.29, 1.82) is 0 Å². The second kappa shape index (κ2) is 3.33. The van der Waals surface area contributed by atoms with Crippen LogP contribution in [0.2, 0.25) is 0 Å².